The van der Waals surface area contributed by atoms with E-state index in [1.807, 2.05) is 0 Å². The molecule has 1 aromatic heterocycles. The summed E-state index contributed by atoms with van der Waals surface area (Å²) in [6, 6.07) is 0. The third-order valence-corrected chi connectivity index (χ3v) is 1.85. The Labute approximate surface area is 79.9 Å². The van der Waals surface area contributed by atoms with Crippen molar-refractivity contribution in [3.8, 4) is 0 Å². The average molecular weight is 198 g/mol. The molecule has 0 saturated heterocycles. The normalized spacial score (nSPS) is 15.7. The number of aromatic carboxylic acids is 1. The number of aromatic nitrogens is 2. The van der Waals surface area contributed by atoms with Gasteiger partial charge < -0.3 is 14.4 Å². The molecular formula is C8H10N2O4. The largest absolute Gasteiger partial charge is 0.475 e. The van der Waals surface area contributed by atoms with Crippen molar-refractivity contribution in [2.75, 3.05) is 6.61 Å². The molecule has 0 unspecified atom stereocenters. The molecule has 1 aliphatic rings. The first-order valence-corrected chi connectivity index (χ1v) is 4.43. The Balaban J connectivity index is 1.79. The van der Waals surface area contributed by atoms with Crippen molar-refractivity contribution in [2.24, 2.45) is 0 Å². The van der Waals surface area contributed by atoms with Gasteiger partial charge in [0.25, 0.3) is 5.82 Å². The van der Waals surface area contributed by atoms with Crippen LogP contribution in [0.2, 0.25) is 0 Å². The molecule has 0 radical (unpaired) electrons. The summed E-state index contributed by atoms with van der Waals surface area (Å²) in [5.41, 5.74) is 0. The Kier molecular flexibility index (Phi) is 2.45. The highest BCUT2D eigenvalue weighted by molar-refractivity contribution is 5.82. The number of hydrogen-bond acceptors (Lipinski definition) is 5. The van der Waals surface area contributed by atoms with Gasteiger partial charge in [-0.25, -0.2) is 4.79 Å². The summed E-state index contributed by atoms with van der Waals surface area (Å²) in [6.07, 6.45) is 3.09. The minimum atomic E-state index is -1.18. The molecule has 6 heteroatoms. The molecule has 0 bridgehead atoms. The summed E-state index contributed by atoms with van der Waals surface area (Å²) >= 11 is 0. The average Bonchev–Trinajstić information content (AvgIpc) is 2.82. The van der Waals surface area contributed by atoms with Gasteiger partial charge in [-0.15, -0.1) is 0 Å². The van der Waals surface area contributed by atoms with Crippen LogP contribution in [0.15, 0.2) is 4.52 Å². The van der Waals surface area contributed by atoms with E-state index in [4.69, 9.17) is 14.4 Å². The highest BCUT2D eigenvalue weighted by atomic mass is 16.5. The molecule has 1 N–H and O–H groups in total. The van der Waals surface area contributed by atoms with Crippen LogP contribution in [0.4, 0.5) is 0 Å². The van der Waals surface area contributed by atoms with E-state index in [1.165, 1.54) is 0 Å². The molecule has 1 saturated carbocycles. The second kappa shape index (κ2) is 3.75. The van der Waals surface area contributed by atoms with Crippen molar-refractivity contribution in [1.82, 2.24) is 10.1 Å². The Morgan fingerprint density at radius 3 is 3.00 bits per heavy atom. The number of carbonyl (C=O) groups is 1. The number of carboxylic acids is 1. The smallest absolute Gasteiger partial charge is 0.377 e. The third kappa shape index (κ3) is 2.29. The predicted molar refractivity (Wildman–Crippen MR) is 43.9 cm³/mol. The van der Waals surface area contributed by atoms with Crippen LogP contribution < -0.4 is 0 Å². The van der Waals surface area contributed by atoms with Crippen molar-refractivity contribution < 1.29 is 19.2 Å². The van der Waals surface area contributed by atoms with Crippen LogP contribution in [-0.4, -0.2) is 33.9 Å². The summed E-state index contributed by atoms with van der Waals surface area (Å²) in [4.78, 5) is 14.1. The molecule has 1 fully saturated rings. The van der Waals surface area contributed by atoms with Crippen molar-refractivity contribution >= 4 is 5.97 Å². The summed E-state index contributed by atoms with van der Waals surface area (Å²) in [5, 5.41) is 11.8. The van der Waals surface area contributed by atoms with Crippen molar-refractivity contribution in [3.63, 3.8) is 0 Å². The van der Waals surface area contributed by atoms with Gasteiger partial charge in [-0.05, 0) is 18.0 Å². The van der Waals surface area contributed by atoms with Crippen molar-refractivity contribution in [1.29, 1.82) is 0 Å². The number of carboxylic acid groups (broad SMARTS) is 1. The van der Waals surface area contributed by atoms with Crippen LogP contribution in [0, 0.1) is 0 Å². The van der Waals surface area contributed by atoms with E-state index in [2.05, 4.69) is 10.1 Å². The van der Waals surface area contributed by atoms with Crippen LogP contribution in [-0.2, 0) is 11.2 Å². The molecule has 1 aromatic rings. The number of rotatable bonds is 5. The second-order valence-electron chi connectivity index (χ2n) is 3.14. The van der Waals surface area contributed by atoms with E-state index in [1.54, 1.807) is 0 Å². The highest BCUT2D eigenvalue weighted by Crippen LogP contribution is 2.23. The van der Waals surface area contributed by atoms with Crippen LogP contribution in [0.5, 0.6) is 0 Å². The maximum absolute atomic E-state index is 10.4. The predicted octanol–water partition coefficient (Wildman–Crippen LogP) is 0.489. The highest BCUT2D eigenvalue weighted by Gasteiger charge is 2.22. The molecule has 14 heavy (non-hydrogen) atoms. The summed E-state index contributed by atoms with van der Waals surface area (Å²) in [7, 11) is 0. The summed E-state index contributed by atoms with van der Waals surface area (Å²) in [6.45, 7) is 0.506. The van der Waals surface area contributed by atoms with Crippen LogP contribution in [0.25, 0.3) is 0 Å². The fraction of sp³-hybridized carbons (Fsp3) is 0.625. The zero-order chi connectivity index (χ0) is 9.97. The number of ether oxygens (including phenoxy) is 1. The van der Waals surface area contributed by atoms with Crippen LogP contribution in [0.1, 0.15) is 29.4 Å². The standard InChI is InChI=1S/C8H10N2O4/c11-8(12)7-9-6(14-10-7)3-4-13-5-1-2-5/h5H,1-4H2,(H,11,12). The fourth-order valence-corrected chi connectivity index (χ4v) is 0.991. The van der Waals surface area contributed by atoms with E-state index in [0.29, 0.717) is 25.0 Å². The molecule has 2 rings (SSSR count). The van der Waals surface area contributed by atoms with Gasteiger partial charge in [-0.1, -0.05) is 0 Å². The monoisotopic (exact) mass is 198 g/mol. The lowest BCUT2D eigenvalue weighted by Gasteiger charge is -1.96. The van der Waals surface area contributed by atoms with Crippen LogP contribution >= 0.6 is 0 Å². The lowest BCUT2D eigenvalue weighted by Crippen LogP contribution is -2.02. The van der Waals surface area contributed by atoms with Gasteiger partial charge in [0.1, 0.15) is 0 Å². The quantitative estimate of drug-likeness (QED) is 0.741. The van der Waals surface area contributed by atoms with Gasteiger partial charge in [0.2, 0.25) is 5.89 Å². The molecule has 0 atom stereocenters. The van der Waals surface area contributed by atoms with Gasteiger partial charge in [0.15, 0.2) is 0 Å². The van der Waals surface area contributed by atoms with E-state index in [9.17, 15) is 4.79 Å². The molecule has 0 aromatic carbocycles. The lowest BCUT2D eigenvalue weighted by molar-refractivity contribution is 0.0680. The Morgan fingerprint density at radius 1 is 1.64 bits per heavy atom. The van der Waals surface area contributed by atoms with Gasteiger partial charge >= 0.3 is 5.97 Å². The maximum atomic E-state index is 10.4. The van der Waals surface area contributed by atoms with E-state index < -0.39 is 5.97 Å². The van der Waals surface area contributed by atoms with Gasteiger partial charge in [0.05, 0.1) is 19.1 Å². The summed E-state index contributed by atoms with van der Waals surface area (Å²) < 4.78 is 10.1. The third-order valence-electron chi connectivity index (χ3n) is 1.85. The van der Waals surface area contributed by atoms with Crippen molar-refractivity contribution in [2.45, 2.75) is 25.4 Å². The number of hydrogen-bond donors (Lipinski definition) is 1. The molecule has 0 spiro atoms. The van der Waals surface area contributed by atoms with E-state index >= 15 is 0 Å². The molecule has 6 nitrogen and oxygen atoms in total. The zero-order valence-electron chi connectivity index (χ0n) is 7.47. The molecule has 1 aliphatic carbocycles. The summed E-state index contributed by atoms with van der Waals surface area (Å²) in [5.74, 6) is -1.17. The number of nitrogens with zero attached hydrogens (tertiary/aromatic N) is 2. The van der Waals surface area contributed by atoms with E-state index in [-0.39, 0.29) is 5.82 Å². The first-order valence-electron chi connectivity index (χ1n) is 4.43. The van der Waals surface area contributed by atoms with Crippen LogP contribution in [0.3, 0.4) is 0 Å². The molecule has 1 heterocycles. The Hall–Kier alpha value is -1.43. The topological polar surface area (TPSA) is 85.5 Å². The molecule has 76 valence electrons. The fourth-order valence-electron chi connectivity index (χ4n) is 0.991. The first kappa shape index (κ1) is 9.14. The first-order chi connectivity index (χ1) is 6.75. The SMILES string of the molecule is O=C(O)c1noc(CCOC2CC2)n1. The Morgan fingerprint density at radius 2 is 2.43 bits per heavy atom. The maximum Gasteiger partial charge on any atom is 0.377 e. The second-order valence-corrected chi connectivity index (χ2v) is 3.14. The van der Waals surface area contributed by atoms with Gasteiger partial charge in [-0.2, -0.15) is 4.98 Å². The van der Waals surface area contributed by atoms with Gasteiger partial charge in [0, 0.05) is 0 Å². The van der Waals surface area contributed by atoms with Crippen molar-refractivity contribution in [3.05, 3.63) is 11.7 Å². The minimum Gasteiger partial charge on any atom is -0.475 e. The van der Waals surface area contributed by atoms with E-state index in [0.717, 1.165) is 12.8 Å². The Bertz CT molecular complexity index is 332. The van der Waals surface area contributed by atoms with Gasteiger partial charge in [-0.3, -0.25) is 0 Å². The molecule has 0 amide bonds. The zero-order valence-corrected chi connectivity index (χ0v) is 7.47. The lowest BCUT2D eigenvalue weighted by atomic mass is 10.4. The molecular weight excluding hydrogens is 188 g/mol. The molecule has 0 aliphatic heterocycles. The minimum absolute atomic E-state index is 0.300.